The largest absolute Gasteiger partial charge is 0.386 e. The molecule has 0 rings (SSSR count). The van der Waals surface area contributed by atoms with Crippen LogP contribution in [0.3, 0.4) is 0 Å². The van der Waals surface area contributed by atoms with E-state index in [1.165, 1.54) is 141 Å². The van der Waals surface area contributed by atoms with Gasteiger partial charge < -0.3 is 15.3 Å². The van der Waals surface area contributed by atoms with E-state index in [9.17, 15) is 29.7 Å². The van der Waals surface area contributed by atoms with Gasteiger partial charge in [0.2, 0.25) is 5.60 Å². The third kappa shape index (κ3) is 26.3. The molecule has 0 saturated heterocycles. The average Bonchev–Trinajstić information content (AvgIpc) is 3.13. The van der Waals surface area contributed by atoms with Gasteiger partial charge in [0.15, 0.2) is 17.3 Å². The molecule has 0 radical (unpaired) electrons. The van der Waals surface area contributed by atoms with Crippen molar-refractivity contribution in [2.45, 2.75) is 270 Å². The van der Waals surface area contributed by atoms with E-state index in [1.54, 1.807) is 0 Å². The molecule has 0 amide bonds. The first-order valence-corrected chi connectivity index (χ1v) is 22.4. The number of unbranched alkanes of at least 4 members (excludes halogenated alkanes) is 30. The summed E-state index contributed by atoms with van der Waals surface area (Å²) < 4.78 is 0. The number of rotatable bonds is 41. The van der Waals surface area contributed by atoms with Gasteiger partial charge in [-0.15, -0.1) is 0 Å². The van der Waals surface area contributed by atoms with Gasteiger partial charge in [0.25, 0.3) is 0 Å². The van der Waals surface area contributed by atoms with Crippen molar-refractivity contribution in [2.24, 2.45) is 0 Å². The lowest BCUT2D eigenvalue weighted by Gasteiger charge is -2.32. The summed E-state index contributed by atoms with van der Waals surface area (Å²) in [6.45, 7) is 6.51. The third-order valence-corrected chi connectivity index (χ3v) is 10.9. The van der Waals surface area contributed by atoms with Crippen LogP contribution in [-0.2, 0) is 14.4 Å². The fourth-order valence-corrected chi connectivity index (χ4v) is 7.28. The Morgan fingerprint density at radius 2 is 0.588 bits per heavy atom. The molecule has 6 nitrogen and oxygen atoms in total. The van der Waals surface area contributed by atoms with Gasteiger partial charge in [-0.3, -0.25) is 14.4 Å². The summed E-state index contributed by atoms with van der Waals surface area (Å²) in [5.74, 6) is -2.17. The smallest absolute Gasteiger partial charge is 0.210 e. The minimum absolute atomic E-state index is 0.0443. The third-order valence-electron chi connectivity index (χ3n) is 10.9. The first-order chi connectivity index (χ1) is 24.8. The second-order valence-corrected chi connectivity index (χ2v) is 15.8. The van der Waals surface area contributed by atoms with Crippen LogP contribution in [0.25, 0.3) is 0 Å². The maximum Gasteiger partial charge on any atom is 0.210 e. The quantitative estimate of drug-likeness (QED) is 0.0428. The van der Waals surface area contributed by atoms with Crippen LogP contribution >= 0.6 is 0 Å². The summed E-state index contributed by atoms with van der Waals surface area (Å²) in [4.78, 5) is 39.4. The van der Waals surface area contributed by atoms with Gasteiger partial charge >= 0.3 is 0 Å². The first-order valence-electron chi connectivity index (χ1n) is 22.4. The molecule has 2 atom stereocenters. The molecular weight excluding hydrogens is 636 g/mol. The fraction of sp³-hybridized carbons (Fsp3) is 0.933. The van der Waals surface area contributed by atoms with Crippen molar-refractivity contribution in [1.29, 1.82) is 0 Å². The highest BCUT2D eigenvalue weighted by atomic mass is 16.4. The van der Waals surface area contributed by atoms with E-state index < -0.39 is 35.2 Å². The topological polar surface area (TPSA) is 112 Å². The van der Waals surface area contributed by atoms with Crippen LogP contribution < -0.4 is 0 Å². The summed E-state index contributed by atoms with van der Waals surface area (Å²) in [7, 11) is 0. The monoisotopic (exact) mass is 723 g/mol. The molecule has 0 spiro atoms. The molecule has 0 fully saturated rings. The highest BCUT2D eigenvalue weighted by Gasteiger charge is 2.52. The molecule has 2 unspecified atom stereocenters. The number of aliphatic hydroxyl groups excluding tert-OH is 2. The second-order valence-electron chi connectivity index (χ2n) is 15.8. The van der Waals surface area contributed by atoms with E-state index in [4.69, 9.17) is 0 Å². The van der Waals surface area contributed by atoms with Gasteiger partial charge in [0.1, 0.15) is 12.2 Å². The Bertz CT molecular complexity index is 765. The zero-order valence-electron chi connectivity index (χ0n) is 34.2. The lowest BCUT2D eigenvalue weighted by molar-refractivity contribution is -0.174. The van der Waals surface area contributed by atoms with Crippen molar-refractivity contribution in [2.75, 3.05) is 0 Å². The Labute approximate surface area is 316 Å². The highest BCUT2D eigenvalue weighted by molar-refractivity contribution is 6.11. The van der Waals surface area contributed by atoms with Crippen molar-refractivity contribution >= 4 is 17.3 Å². The lowest BCUT2D eigenvalue weighted by atomic mass is 9.79. The van der Waals surface area contributed by atoms with Crippen LogP contribution in [0, 0.1) is 0 Å². The van der Waals surface area contributed by atoms with Crippen molar-refractivity contribution < 1.29 is 29.7 Å². The van der Waals surface area contributed by atoms with E-state index >= 15 is 0 Å². The molecule has 6 heteroatoms. The molecule has 0 heterocycles. The Morgan fingerprint density at radius 1 is 0.373 bits per heavy atom. The van der Waals surface area contributed by atoms with Gasteiger partial charge in [0.05, 0.1) is 0 Å². The summed E-state index contributed by atoms with van der Waals surface area (Å²) in [6, 6.07) is 0. The number of hydrogen-bond donors (Lipinski definition) is 3. The number of carbonyl (C=O) groups excluding carboxylic acids is 3. The molecule has 0 aliphatic heterocycles. The molecule has 0 aliphatic rings. The zero-order chi connectivity index (χ0) is 37.8. The summed E-state index contributed by atoms with van der Waals surface area (Å²) >= 11 is 0. The summed E-state index contributed by atoms with van der Waals surface area (Å²) in [5, 5.41) is 33.1. The van der Waals surface area contributed by atoms with Crippen LogP contribution in [-0.4, -0.2) is 50.5 Å². The maximum atomic E-state index is 13.4. The second kappa shape index (κ2) is 35.9. The molecule has 0 saturated carbocycles. The number of aliphatic hydroxyl groups is 3. The minimum atomic E-state index is -2.74. The van der Waals surface area contributed by atoms with Gasteiger partial charge in [-0.1, -0.05) is 213 Å². The Kier molecular flexibility index (Phi) is 35.1. The van der Waals surface area contributed by atoms with E-state index in [0.717, 1.165) is 51.4 Å². The molecule has 0 aromatic heterocycles. The number of carbonyl (C=O) groups is 3. The molecule has 0 aromatic rings. The predicted molar refractivity (Wildman–Crippen MR) is 215 cm³/mol. The fourth-order valence-electron chi connectivity index (χ4n) is 7.28. The van der Waals surface area contributed by atoms with Gasteiger partial charge in [-0.05, 0) is 19.3 Å². The van der Waals surface area contributed by atoms with Crippen LogP contribution in [0.2, 0.25) is 0 Å². The van der Waals surface area contributed by atoms with Crippen molar-refractivity contribution in [3.05, 3.63) is 0 Å². The molecule has 0 bridgehead atoms. The molecule has 51 heavy (non-hydrogen) atoms. The Balaban J connectivity index is 4.55. The molecule has 0 aromatic carbocycles. The van der Waals surface area contributed by atoms with E-state index in [0.29, 0.717) is 19.3 Å². The van der Waals surface area contributed by atoms with E-state index in [1.807, 2.05) is 6.92 Å². The zero-order valence-corrected chi connectivity index (χ0v) is 34.2. The SMILES string of the molecule is CCCCCCCCCCCCCCCCCC(=O)C(O)(C(=O)CCCCCCCCCCCCCCCCC)C(O)C(O)C(=O)CCCCC. The Hall–Kier alpha value is -1.11. The normalized spacial score (nSPS) is 13.1. The van der Waals surface area contributed by atoms with Crippen molar-refractivity contribution in [3.8, 4) is 0 Å². The van der Waals surface area contributed by atoms with Crippen LogP contribution in [0.1, 0.15) is 252 Å². The number of hydrogen-bond acceptors (Lipinski definition) is 6. The first kappa shape index (κ1) is 49.9. The van der Waals surface area contributed by atoms with Crippen molar-refractivity contribution in [3.63, 3.8) is 0 Å². The number of ketones is 3. The van der Waals surface area contributed by atoms with Crippen LogP contribution in [0.5, 0.6) is 0 Å². The Morgan fingerprint density at radius 3 is 0.863 bits per heavy atom. The van der Waals surface area contributed by atoms with Crippen molar-refractivity contribution in [1.82, 2.24) is 0 Å². The van der Waals surface area contributed by atoms with Gasteiger partial charge in [0, 0.05) is 19.3 Å². The minimum Gasteiger partial charge on any atom is -0.386 e. The molecule has 0 aliphatic carbocycles. The average molecular weight is 723 g/mol. The molecule has 3 N–H and O–H groups in total. The molecular formula is C45H86O6. The van der Waals surface area contributed by atoms with Gasteiger partial charge in [-0.25, -0.2) is 0 Å². The van der Waals surface area contributed by atoms with Gasteiger partial charge in [-0.2, -0.15) is 0 Å². The van der Waals surface area contributed by atoms with E-state index in [2.05, 4.69) is 13.8 Å². The predicted octanol–water partition coefficient (Wildman–Crippen LogP) is 12.2. The highest BCUT2D eigenvalue weighted by Crippen LogP contribution is 2.25. The summed E-state index contributed by atoms with van der Waals surface area (Å²) in [5.41, 5.74) is -2.74. The summed E-state index contributed by atoms with van der Waals surface area (Å²) in [6.07, 6.45) is 33.8. The molecule has 302 valence electrons. The number of Topliss-reactive ketones (excluding diaryl/α,β-unsaturated/α-hetero) is 3. The maximum absolute atomic E-state index is 13.4. The van der Waals surface area contributed by atoms with Crippen LogP contribution in [0.4, 0.5) is 0 Å². The standard InChI is InChI=1S/C45H86O6/c1-4-7-10-12-14-16-18-20-22-24-26-28-30-32-35-38-41(47)45(51,44(50)43(49)40(46)37-34-9-6-3)42(48)39-36-33-31-29-27-25-23-21-19-17-15-13-11-8-5-2/h43-44,49-51H,4-39H2,1-3H3. The lowest BCUT2D eigenvalue weighted by Crippen LogP contribution is -2.61. The van der Waals surface area contributed by atoms with Crippen LogP contribution in [0.15, 0.2) is 0 Å². The van der Waals surface area contributed by atoms with E-state index in [-0.39, 0.29) is 19.3 Å².